The molecule has 2 aromatic rings. The summed E-state index contributed by atoms with van der Waals surface area (Å²) in [6, 6.07) is 12.2. The Bertz CT molecular complexity index is 540. The summed E-state index contributed by atoms with van der Waals surface area (Å²) < 4.78 is 18.8. The minimum atomic E-state index is -0.255. The lowest BCUT2D eigenvalue weighted by Gasteiger charge is -2.12. The lowest BCUT2D eigenvalue weighted by atomic mass is 10.1. The van der Waals surface area contributed by atoms with E-state index in [-0.39, 0.29) is 5.82 Å². The molecule has 0 aliphatic rings. The molecule has 2 aromatic carbocycles. The van der Waals surface area contributed by atoms with Gasteiger partial charge in [-0.2, -0.15) is 0 Å². The van der Waals surface area contributed by atoms with E-state index in [2.05, 4.69) is 0 Å². The molecule has 0 heterocycles. The first-order valence-electron chi connectivity index (χ1n) is 5.92. The second kappa shape index (κ2) is 5.65. The first kappa shape index (κ1) is 12.6. The summed E-state index contributed by atoms with van der Waals surface area (Å²) in [5, 5.41) is 0. The largest absolute Gasteiger partial charge is 0.457 e. The van der Waals surface area contributed by atoms with Crippen molar-refractivity contribution in [1.82, 2.24) is 0 Å². The summed E-state index contributed by atoms with van der Waals surface area (Å²) in [7, 11) is 0. The van der Waals surface area contributed by atoms with Gasteiger partial charge in [-0.1, -0.05) is 18.2 Å². The Balaban J connectivity index is 2.28. The van der Waals surface area contributed by atoms with Crippen LogP contribution in [0.3, 0.4) is 0 Å². The molecule has 0 fully saturated rings. The number of hydrogen-bond donors (Lipinski definition) is 1. The fourth-order valence-electron chi connectivity index (χ4n) is 1.81. The summed E-state index contributed by atoms with van der Waals surface area (Å²) in [6.45, 7) is 2.40. The van der Waals surface area contributed by atoms with Crippen molar-refractivity contribution in [2.75, 3.05) is 6.54 Å². The van der Waals surface area contributed by atoms with Crippen molar-refractivity contribution in [1.29, 1.82) is 0 Å². The van der Waals surface area contributed by atoms with E-state index in [9.17, 15) is 4.39 Å². The van der Waals surface area contributed by atoms with Crippen molar-refractivity contribution >= 4 is 0 Å². The van der Waals surface area contributed by atoms with Crippen LogP contribution in [0.5, 0.6) is 11.5 Å². The van der Waals surface area contributed by atoms with Crippen molar-refractivity contribution < 1.29 is 9.13 Å². The van der Waals surface area contributed by atoms with Gasteiger partial charge in [0.2, 0.25) is 0 Å². The van der Waals surface area contributed by atoms with E-state index in [1.165, 1.54) is 12.1 Å². The maximum Gasteiger partial charge on any atom is 0.130 e. The highest BCUT2D eigenvalue weighted by Crippen LogP contribution is 2.28. The van der Waals surface area contributed by atoms with E-state index in [1.54, 1.807) is 6.07 Å². The van der Waals surface area contributed by atoms with Gasteiger partial charge in [0.05, 0.1) is 0 Å². The molecule has 3 heteroatoms. The van der Waals surface area contributed by atoms with E-state index < -0.39 is 0 Å². The molecule has 94 valence electrons. The second-order valence-electron chi connectivity index (χ2n) is 4.16. The first-order chi connectivity index (χ1) is 8.70. The second-order valence-corrected chi connectivity index (χ2v) is 4.16. The molecule has 0 amide bonds. The minimum Gasteiger partial charge on any atom is -0.457 e. The van der Waals surface area contributed by atoms with Gasteiger partial charge in [-0.05, 0) is 55.3 Å². The van der Waals surface area contributed by atoms with Crippen LogP contribution in [0.1, 0.15) is 11.1 Å². The van der Waals surface area contributed by atoms with Gasteiger partial charge >= 0.3 is 0 Å². The summed E-state index contributed by atoms with van der Waals surface area (Å²) in [4.78, 5) is 0. The monoisotopic (exact) mass is 245 g/mol. The van der Waals surface area contributed by atoms with Crippen LogP contribution in [0.25, 0.3) is 0 Å². The predicted octanol–water partition coefficient (Wildman–Crippen LogP) is 3.43. The molecule has 0 saturated carbocycles. The number of halogens is 1. The van der Waals surface area contributed by atoms with Gasteiger partial charge in [0.15, 0.2) is 0 Å². The number of benzene rings is 2. The molecule has 2 nitrogen and oxygen atoms in total. The smallest absolute Gasteiger partial charge is 0.130 e. The fraction of sp³-hybridized carbons (Fsp3) is 0.200. The molecular weight excluding hydrogens is 229 g/mol. The highest BCUT2D eigenvalue weighted by molar-refractivity contribution is 5.41. The Morgan fingerprint density at radius 3 is 2.61 bits per heavy atom. The zero-order valence-electron chi connectivity index (χ0n) is 10.3. The molecule has 0 saturated heterocycles. The number of ether oxygens (including phenoxy) is 1. The number of rotatable bonds is 4. The Kier molecular flexibility index (Phi) is 3.95. The molecule has 0 radical (unpaired) electrons. The quantitative estimate of drug-likeness (QED) is 0.895. The standard InChI is InChI=1S/C15H16FNO/c1-11-10-13(16)6-7-14(11)18-15-5-3-2-4-12(15)8-9-17/h2-7,10H,8-9,17H2,1H3. The summed E-state index contributed by atoms with van der Waals surface area (Å²) in [5.74, 6) is 1.19. The number of para-hydroxylation sites is 1. The summed E-state index contributed by atoms with van der Waals surface area (Å²) in [6.07, 6.45) is 0.760. The van der Waals surface area contributed by atoms with E-state index in [0.29, 0.717) is 12.3 Å². The van der Waals surface area contributed by atoms with Crippen molar-refractivity contribution in [2.24, 2.45) is 5.73 Å². The zero-order chi connectivity index (χ0) is 13.0. The third-order valence-electron chi connectivity index (χ3n) is 2.74. The predicted molar refractivity (Wildman–Crippen MR) is 70.4 cm³/mol. The molecule has 0 atom stereocenters. The van der Waals surface area contributed by atoms with Crippen LogP contribution in [0.2, 0.25) is 0 Å². The Labute approximate surface area is 106 Å². The van der Waals surface area contributed by atoms with Gasteiger partial charge in [-0.15, -0.1) is 0 Å². The van der Waals surface area contributed by atoms with Crippen molar-refractivity contribution in [3.63, 3.8) is 0 Å². The Hall–Kier alpha value is -1.87. The topological polar surface area (TPSA) is 35.2 Å². The molecule has 18 heavy (non-hydrogen) atoms. The SMILES string of the molecule is Cc1cc(F)ccc1Oc1ccccc1CCN. The van der Waals surface area contributed by atoms with E-state index in [4.69, 9.17) is 10.5 Å². The average molecular weight is 245 g/mol. The maximum absolute atomic E-state index is 13.0. The first-order valence-corrected chi connectivity index (χ1v) is 5.92. The Morgan fingerprint density at radius 2 is 1.89 bits per heavy atom. The lowest BCUT2D eigenvalue weighted by molar-refractivity contribution is 0.470. The van der Waals surface area contributed by atoms with Crippen LogP contribution in [0.15, 0.2) is 42.5 Å². The normalized spacial score (nSPS) is 10.4. The van der Waals surface area contributed by atoms with Gasteiger partial charge in [-0.25, -0.2) is 4.39 Å². The van der Waals surface area contributed by atoms with Crippen LogP contribution < -0.4 is 10.5 Å². The minimum absolute atomic E-state index is 0.255. The zero-order valence-corrected chi connectivity index (χ0v) is 10.3. The van der Waals surface area contributed by atoms with E-state index in [0.717, 1.165) is 23.3 Å². The van der Waals surface area contributed by atoms with E-state index >= 15 is 0 Å². The Morgan fingerprint density at radius 1 is 1.11 bits per heavy atom. The molecule has 0 aromatic heterocycles. The number of nitrogens with two attached hydrogens (primary N) is 1. The number of aryl methyl sites for hydroxylation is 1. The highest BCUT2D eigenvalue weighted by atomic mass is 19.1. The molecule has 0 aliphatic carbocycles. The van der Waals surface area contributed by atoms with Gasteiger partial charge in [0, 0.05) is 0 Å². The van der Waals surface area contributed by atoms with Crippen LogP contribution in [-0.2, 0) is 6.42 Å². The maximum atomic E-state index is 13.0. The van der Waals surface area contributed by atoms with Crippen molar-refractivity contribution in [3.05, 3.63) is 59.4 Å². The van der Waals surface area contributed by atoms with Crippen molar-refractivity contribution in [3.8, 4) is 11.5 Å². The van der Waals surface area contributed by atoms with Crippen LogP contribution in [0.4, 0.5) is 4.39 Å². The molecule has 0 aliphatic heterocycles. The number of hydrogen-bond acceptors (Lipinski definition) is 2. The molecule has 0 unspecified atom stereocenters. The molecular formula is C15H16FNO. The fourth-order valence-corrected chi connectivity index (χ4v) is 1.81. The van der Waals surface area contributed by atoms with Gasteiger partial charge in [-0.3, -0.25) is 0 Å². The average Bonchev–Trinajstić information content (AvgIpc) is 2.35. The lowest BCUT2D eigenvalue weighted by Crippen LogP contribution is -2.04. The van der Waals surface area contributed by atoms with E-state index in [1.807, 2.05) is 31.2 Å². The van der Waals surface area contributed by atoms with Gasteiger partial charge in [0.1, 0.15) is 17.3 Å². The van der Waals surface area contributed by atoms with Gasteiger partial charge < -0.3 is 10.5 Å². The molecule has 0 spiro atoms. The third-order valence-corrected chi connectivity index (χ3v) is 2.74. The molecule has 2 N–H and O–H groups in total. The van der Waals surface area contributed by atoms with Crippen molar-refractivity contribution in [2.45, 2.75) is 13.3 Å². The van der Waals surface area contributed by atoms with Crippen LogP contribution in [0, 0.1) is 12.7 Å². The third kappa shape index (κ3) is 2.87. The van der Waals surface area contributed by atoms with Crippen LogP contribution in [-0.4, -0.2) is 6.54 Å². The van der Waals surface area contributed by atoms with Crippen LogP contribution >= 0.6 is 0 Å². The summed E-state index contributed by atoms with van der Waals surface area (Å²) >= 11 is 0. The van der Waals surface area contributed by atoms with Gasteiger partial charge in [0.25, 0.3) is 0 Å². The molecule has 2 rings (SSSR count). The summed E-state index contributed by atoms with van der Waals surface area (Å²) in [5.41, 5.74) is 7.40. The molecule has 0 bridgehead atoms. The highest BCUT2D eigenvalue weighted by Gasteiger charge is 2.06.